The SMILES string of the molecule is Cc1ccc(S(=O)(=O)Nc2ccccc2N=Cc2cc(Cl)ccc2O)cc1. The monoisotopic (exact) mass is 400 g/mol. The van der Waals surface area contributed by atoms with Crippen LogP contribution in [0.1, 0.15) is 11.1 Å². The summed E-state index contributed by atoms with van der Waals surface area (Å²) in [6, 6.07) is 17.9. The van der Waals surface area contributed by atoms with Crippen molar-refractivity contribution in [3.63, 3.8) is 0 Å². The van der Waals surface area contributed by atoms with E-state index in [-0.39, 0.29) is 10.6 Å². The summed E-state index contributed by atoms with van der Waals surface area (Å²) in [5, 5.41) is 10.3. The van der Waals surface area contributed by atoms with Crippen molar-refractivity contribution in [1.82, 2.24) is 0 Å². The number of halogens is 1. The van der Waals surface area contributed by atoms with Crippen LogP contribution >= 0.6 is 11.6 Å². The summed E-state index contributed by atoms with van der Waals surface area (Å²) in [5.41, 5.74) is 2.14. The number of rotatable bonds is 5. The van der Waals surface area contributed by atoms with E-state index in [1.165, 1.54) is 12.3 Å². The number of nitrogens with zero attached hydrogens (tertiary/aromatic N) is 1. The standard InChI is InChI=1S/C20H17ClN2O3S/c1-14-6-9-17(10-7-14)27(25,26)23-19-5-3-2-4-18(19)22-13-15-12-16(21)8-11-20(15)24/h2-13,23-24H,1H3. The van der Waals surface area contributed by atoms with Crippen LogP contribution in [-0.4, -0.2) is 19.7 Å². The fourth-order valence-corrected chi connectivity index (χ4v) is 3.62. The minimum Gasteiger partial charge on any atom is -0.507 e. The normalized spacial score (nSPS) is 11.6. The molecule has 0 spiro atoms. The molecule has 0 unspecified atom stereocenters. The topological polar surface area (TPSA) is 78.8 Å². The average Bonchev–Trinajstić information content (AvgIpc) is 2.63. The zero-order chi connectivity index (χ0) is 19.4. The highest BCUT2D eigenvalue weighted by molar-refractivity contribution is 7.92. The van der Waals surface area contributed by atoms with Crippen molar-refractivity contribution in [2.75, 3.05) is 4.72 Å². The van der Waals surface area contributed by atoms with Crippen molar-refractivity contribution in [1.29, 1.82) is 0 Å². The first-order chi connectivity index (χ1) is 12.8. The molecule has 0 aromatic heterocycles. The Labute approximate surface area is 163 Å². The molecule has 0 atom stereocenters. The van der Waals surface area contributed by atoms with Gasteiger partial charge in [-0.2, -0.15) is 0 Å². The molecule has 7 heteroatoms. The summed E-state index contributed by atoms with van der Waals surface area (Å²) in [6.45, 7) is 1.89. The summed E-state index contributed by atoms with van der Waals surface area (Å²) in [7, 11) is -3.74. The molecule has 0 radical (unpaired) electrons. The first-order valence-corrected chi connectivity index (χ1v) is 9.92. The van der Waals surface area contributed by atoms with Gasteiger partial charge in [0.2, 0.25) is 0 Å². The lowest BCUT2D eigenvalue weighted by Crippen LogP contribution is -2.13. The second-order valence-corrected chi connectivity index (χ2v) is 8.02. The second-order valence-electron chi connectivity index (χ2n) is 5.90. The van der Waals surface area contributed by atoms with Crippen LogP contribution < -0.4 is 4.72 Å². The van der Waals surface area contributed by atoms with Crippen LogP contribution in [-0.2, 0) is 10.0 Å². The first kappa shape index (κ1) is 18.9. The maximum Gasteiger partial charge on any atom is 0.261 e. The number of hydrogen-bond acceptors (Lipinski definition) is 4. The fraction of sp³-hybridized carbons (Fsp3) is 0.0500. The van der Waals surface area contributed by atoms with Crippen molar-refractivity contribution in [2.45, 2.75) is 11.8 Å². The van der Waals surface area contributed by atoms with Gasteiger partial charge in [0.15, 0.2) is 0 Å². The summed E-state index contributed by atoms with van der Waals surface area (Å²) in [4.78, 5) is 4.47. The molecule has 0 aliphatic heterocycles. The van der Waals surface area contributed by atoms with E-state index in [2.05, 4.69) is 9.71 Å². The largest absolute Gasteiger partial charge is 0.507 e. The Morgan fingerprint density at radius 2 is 1.74 bits per heavy atom. The molecular weight excluding hydrogens is 384 g/mol. The van der Waals surface area contributed by atoms with Crippen LogP contribution in [0.2, 0.25) is 5.02 Å². The maximum atomic E-state index is 12.6. The molecule has 2 N–H and O–H groups in total. The lowest BCUT2D eigenvalue weighted by Gasteiger charge is -2.10. The summed E-state index contributed by atoms with van der Waals surface area (Å²) < 4.78 is 27.8. The average molecular weight is 401 g/mol. The van der Waals surface area contributed by atoms with E-state index in [1.54, 1.807) is 60.7 Å². The molecule has 0 bridgehead atoms. The molecule has 138 valence electrons. The van der Waals surface area contributed by atoms with Crippen LogP contribution in [0.4, 0.5) is 11.4 Å². The van der Waals surface area contributed by atoms with Gasteiger partial charge >= 0.3 is 0 Å². The number of phenols is 1. The lowest BCUT2D eigenvalue weighted by molar-refractivity contribution is 0.474. The third-order valence-corrected chi connectivity index (χ3v) is 5.43. The number of hydrogen-bond donors (Lipinski definition) is 2. The Balaban J connectivity index is 1.91. The van der Waals surface area contributed by atoms with Crippen LogP contribution in [0.25, 0.3) is 0 Å². The maximum absolute atomic E-state index is 12.6. The van der Waals surface area contributed by atoms with E-state index in [0.29, 0.717) is 22.0 Å². The number of sulfonamides is 1. The van der Waals surface area contributed by atoms with Crippen molar-refractivity contribution in [3.05, 3.63) is 82.9 Å². The fourth-order valence-electron chi connectivity index (χ4n) is 2.36. The number of aliphatic imine (C=N–C) groups is 1. The number of aryl methyl sites for hydroxylation is 1. The van der Waals surface area contributed by atoms with E-state index >= 15 is 0 Å². The van der Waals surface area contributed by atoms with Crippen molar-refractivity contribution in [3.8, 4) is 5.75 Å². The zero-order valence-electron chi connectivity index (χ0n) is 14.4. The van der Waals surface area contributed by atoms with Crippen LogP contribution in [0.15, 0.2) is 76.6 Å². The number of nitrogens with one attached hydrogen (secondary N) is 1. The van der Waals surface area contributed by atoms with E-state index in [4.69, 9.17) is 11.6 Å². The predicted octanol–water partition coefficient (Wildman–Crippen LogP) is 4.91. The summed E-state index contributed by atoms with van der Waals surface area (Å²) in [5.74, 6) is 0.0286. The summed E-state index contributed by atoms with van der Waals surface area (Å²) >= 11 is 5.93. The smallest absolute Gasteiger partial charge is 0.261 e. The Kier molecular flexibility index (Phi) is 5.48. The van der Waals surface area contributed by atoms with Crippen molar-refractivity contribution < 1.29 is 13.5 Å². The van der Waals surface area contributed by atoms with E-state index in [9.17, 15) is 13.5 Å². The zero-order valence-corrected chi connectivity index (χ0v) is 16.0. The van der Waals surface area contributed by atoms with Gasteiger partial charge in [0.25, 0.3) is 10.0 Å². The Bertz CT molecular complexity index is 1090. The molecule has 0 saturated heterocycles. The molecule has 0 fully saturated rings. The third kappa shape index (κ3) is 4.67. The molecule has 0 amide bonds. The first-order valence-electron chi connectivity index (χ1n) is 8.06. The number of benzene rings is 3. The quantitative estimate of drug-likeness (QED) is 0.597. The molecule has 0 aliphatic carbocycles. The molecule has 3 aromatic rings. The highest BCUT2D eigenvalue weighted by Crippen LogP contribution is 2.28. The van der Waals surface area contributed by atoms with E-state index in [0.717, 1.165) is 5.56 Å². The highest BCUT2D eigenvalue weighted by atomic mass is 35.5. The van der Waals surface area contributed by atoms with Gasteiger partial charge in [-0.05, 0) is 49.4 Å². The highest BCUT2D eigenvalue weighted by Gasteiger charge is 2.15. The van der Waals surface area contributed by atoms with Gasteiger partial charge in [0.05, 0.1) is 16.3 Å². The number of para-hydroxylation sites is 2. The molecule has 3 aromatic carbocycles. The molecule has 0 heterocycles. The van der Waals surface area contributed by atoms with Gasteiger partial charge in [-0.25, -0.2) is 8.42 Å². The van der Waals surface area contributed by atoms with E-state index < -0.39 is 10.0 Å². The lowest BCUT2D eigenvalue weighted by atomic mass is 10.2. The molecule has 5 nitrogen and oxygen atoms in total. The third-order valence-electron chi connectivity index (χ3n) is 3.81. The number of anilines is 1. The van der Waals surface area contributed by atoms with Gasteiger partial charge in [0, 0.05) is 16.8 Å². The van der Waals surface area contributed by atoms with E-state index in [1.807, 2.05) is 6.92 Å². The van der Waals surface area contributed by atoms with Gasteiger partial charge in [-0.3, -0.25) is 9.71 Å². The van der Waals surface area contributed by atoms with Crippen LogP contribution in [0, 0.1) is 6.92 Å². The van der Waals surface area contributed by atoms with Crippen LogP contribution in [0.5, 0.6) is 5.75 Å². The Hall–Kier alpha value is -2.83. The number of phenolic OH excluding ortho intramolecular Hbond substituents is 1. The Morgan fingerprint density at radius 3 is 2.48 bits per heavy atom. The summed E-state index contributed by atoms with van der Waals surface area (Å²) in [6.07, 6.45) is 1.43. The van der Waals surface area contributed by atoms with Crippen molar-refractivity contribution >= 4 is 39.2 Å². The minimum atomic E-state index is -3.74. The van der Waals surface area contributed by atoms with Gasteiger partial charge < -0.3 is 5.11 Å². The van der Waals surface area contributed by atoms with Crippen molar-refractivity contribution in [2.24, 2.45) is 4.99 Å². The van der Waals surface area contributed by atoms with Gasteiger partial charge in [-0.15, -0.1) is 0 Å². The predicted molar refractivity (Wildman–Crippen MR) is 109 cm³/mol. The molecule has 0 saturated carbocycles. The molecule has 27 heavy (non-hydrogen) atoms. The van der Waals surface area contributed by atoms with Gasteiger partial charge in [0.1, 0.15) is 5.75 Å². The Morgan fingerprint density at radius 1 is 1.04 bits per heavy atom. The molecule has 0 aliphatic rings. The molecular formula is C20H17ClN2O3S. The van der Waals surface area contributed by atoms with Gasteiger partial charge in [-0.1, -0.05) is 41.4 Å². The minimum absolute atomic E-state index is 0.0286. The molecule has 3 rings (SSSR count). The van der Waals surface area contributed by atoms with Crippen LogP contribution in [0.3, 0.4) is 0 Å². The second kappa shape index (κ2) is 7.82. The number of aromatic hydroxyl groups is 1.